The minimum absolute atomic E-state index is 0.0242. The lowest BCUT2D eigenvalue weighted by atomic mass is 9.98. The number of likely N-dealkylation sites (tertiary alicyclic amines) is 1. The van der Waals surface area contributed by atoms with Crippen LogP contribution in [0.25, 0.3) is 0 Å². The Hall–Kier alpha value is -1.83. The van der Waals surface area contributed by atoms with Gasteiger partial charge in [0.2, 0.25) is 5.88 Å². The molecular weight excluding hydrogens is 311 g/mol. The van der Waals surface area contributed by atoms with Crippen molar-refractivity contribution in [2.75, 3.05) is 20.7 Å². The second-order valence-corrected chi connectivity index (χ2v) is 5.78. The first-order valence-electron chi connectivity index (χ1n) is 7.31. The number of carbonyl (C=O) groups is 1. The van der Waals surface area contributed by atoms with E-state index in [0.717, 1.165) is 0 Å². The SMILES string of the molecule is COc1cc(C(=O)NC2CCC(C(F)(F)F)N(C)C2)cc(C)n1. The number of alkyl halides is 3. The van der Waals surface area contributed by atoms with Crippen molar-refractivity contribution in [3.8, 4) is 5.88 Å². The molecule has 1 N–H and O–H groups in total. The van der Waals surface area contributed by atoms with E-state index in [1.54, 1.807) is 13.0 Å². The molecule has 0 aromatic carbocycles. The summed E-state index contributed by atoms with van der Waals surface area (Å²) in [5.74, 6) is -0.00861. The monoisotopic (exact) mass is 331 g/mol. The second kappa shape index (κ2) is 6.74. The fourth-order valence-corrected chi connectivity index (χ4v) is 2.82. The Morgan fingerprint density at radius 1 is 1.39 bits per heavy atom. The first kappa shape index (κ1) is 17.5. The number of pyridine rings is 1. The van der Waals surface area contributed by atoms with E-state index in [1.165, 1.54) is 25.1 Å². The maximum atomic E-state index is 12.8. The number of nitrogens with one attached hydrogen (secondary N) is 1. The van der Waals surface area contributed by atoms with Crippen LogP contribution in [0.3, 0.4) is 0 Å². The van der Waals surface area contributed by atoms with Gasteiger partial charge in [0.1, 0.15) is 6.04 Å². The summed E-state index contributed by atoms with van der Waals surface area (Å²) in [5.41, 5.74) is 1.02. The number of amides is 1. The van der Waals surface area contributed by atoms with E-state index < -0.39 is 12.2 Å². The van der Waals surface area contributed by atoms with E-state index in [9.17, 15) is 18.0 Å². The van der Waals surface area contributed by atoms with Crippen LogP contribution >= 0.6 is 0 Å². The van der Waals surface area contributed by atoms with E-state index in [0.29, 0.717) is 23.6 Å². The van der Waals surface area contributed by atoms with Gasteiger partial charge in [-0.05, 0) is 32.9 Å². The molecule has 2 rings (SSSR count). The standard InChI is InChI=1S/C15H20F3N3O2/c1-9-6-10(7-13(19-9)23-3)14(22)20-11-4-5-12(15(16,17)18)21(2)8-11/h6-7,11-12H,4-5,8H2,1-3H3,(H,20,22). The molecule has 1 aliphatic heterocycles. The average Bonchev–Trinajstić information content (AvgIpc) is 2.45. The van der Waals surface area contributed by atoms with Gasteiger partial charge in [-0.2, -0.15) is 13.2 Å². The van der Waals surface area contributed by atoms with Crippen LogP contribution in [-0.2, 0) is 0 Å². The average molecular weight is 331 g/mol. The van der Waals surface area contributed by atoms with Gasteiger partial charge in [-0.25, -0.2) is 4.98 Å². The van der Waals surface area contributed by atoms with Gasteiger partial charge in [0.05, 0.1) is 7.11 Å². The molecule has 0 radical (unpaired) electrons. The highest BCUT2D eigenvalue weighted by atomic mass is 19.4. The molecule has 1 aliphatic rings. The molecule has 8 heteroatoms. The largest absolute Gasteiger partial charge is 0.481 e. The highest BCUT2D eigenvalue weighted by molar-refractivity contribution is 5.94. The van der Waals surface area contributed by atoms with Crippen LogP contribution < -0.4 is 10.1 Å². The maximum absolute atomic E-state index is 12.8. The summed E-state index contributed by atoms with van der Waals surface area (Å²) in [6.45, 7) is 1.90. The van der Waals surface area contributed by atoms with Crippen LogP contribution in [0.1, 0.15) is 28.9 Å². The van der Waals surface area contributed by atoms with E-state index in [1.807, 2.05) is 0 Å². The lowest BCUT2D eigenvalue weighted by molar-refractivity contribution is -0.188. The Balaban J connectivity index is 2.01. The third-order valence-electron chi connectivity index (χ3n) is 3.94. The van der Waals surface area contributed by atoms with Gasteiger partial charge < -0.3 is 10.1 Å². The Kier molecular flexibility index (Phi) is 5.13. The molecule has 1 saturated heterocycles. The molecule has 0 saturated carbocycles. The van der Waals surface area contributed by atoms with Crippen LogP contribution in [-0.4, -0.2) is 54.8 Å². The third kappa shape index (κ3) is 4.34. The van der Waals surface area contributed by atoms with E-state index in [4.69, 9.17) is 4.74 Å². The summed E-state index contributed by atoms with van der Waals surface area (Å²) < 4.78 is 43.5. The quantitative estimate of drug-likeness (QED) is 0.922. The Morgan fingerprint density at radius 2 is 2.09 bits per heavy atom. The van der Waals surface area contributed by atoms with Gasteiger partial charge in [-0.1, -0.05) is 0 Å². The number of likely N-dealkylation sites (N-methyl/N-ethyl adjacent to an activating group) is 1. The summed E-state index contributed by atoms with van der Waals surface area (Å²) >= 11 is 0. The summed E-state index contributed by atoms with van der Waals surface area (Å²) in [7, 11) is 2.88. The highest BCUT2D eigenvalue weighted by Crippen LogP contribution is 2.30. The van der Waals surface area contributed by atoms with Crippen molar-refractivity contribution >= 4 is 5.91 Å². The summed E-state index contributed by atoms with van der Waals surface area (Å²) in [5, 5.41) is 2.78. The van der Waals surface area contributed by atoms with Crippen molar-refractivity contribution in [1.29, 1.82) is 0 Å². The number of rotatable bonds is 3. The van der Waals surface area contributed by atoms with Gasteiger partial charge in [0, 0.05) is 29.9 Å². The van der Waals surface area contributed by atoms with Gasteiger partial charge in [0.15, 0.2) is 0 Å². The number of halogens is 3. The maximum Gasteiger partial charge on any atom is 0.404 e. The molecule has 2 heterocycles. The number of carbonyl (C=O) groups excluding carboxylic acids is 1. The predicted molar refractivity (Wildman–Crippen MR) is 78.5 cm³/mol. The molecule has 23 heavy (non-hydrogen) atoms. The zero-order chi connectivity index (χ0) is 17.2. The lowest BCUT2D eigenvalue weighted by Gasteiger charge is -2.38. The molecule has 1 aromatic rings. The third-order valence-corrected chi connectivity index (χ3v) is 3.94. The van der Waals surface area contributed by atoms with Gasteiger partial charge >= 0.3 is 6.18 Å². The number of nitrogens with zero attached hydrogens (tertiary/aromatic N) is 2. The second-order valence-electron chi connectivity index (χ2n) is 5.78. The van der Waals surface area contributed by atoms with Crippen LogP contribution in [0, 0.1) is 6.92 Å². The van der Waals surface area contributed by atoms with Crippen molar-refractivity contribution in [1.82, 2.24) is 15.2 Å². The Bertz CT molecular complexity index is 578. The smallest absolute Gasteiger partial charge is 0.404 e. The van der Waals surface area contributed by atoms with Crippen LogP contribution in [0.15, 0.2) is 12.1 Å². The Labute approximate surface area is 132 Å². The first-order valence-corrected chi connectivity index (χ1v) is 7.31. The summed E-state index contributed by atoms with van der Waals surface area (Å²) in [4.78, 5) is 17.6. The molecule has 1 amide bonds. The number of ether oxygens (including phenoxy) is 1. The van der Waals surface area contributed by atoms with Crippen molar-refractivity contribution in [2.24, 2.45) is 0 Å². The van der Waals surface area contributed by atoms with Crippen LogP contribution in [0.2, 0.25) is 0 Å². The molecule has 1 aromatic heterocycles. The van der Waals surface area contributed by atoms with Crippen molar-refractivity contribution < 1.29 is 22.7 Å². The molecule has 0 aliphatic carbocycles. The number of hydrogen-bond acceptors (Lipinski definition) is 4. The van der Waals surface area contributed by atoms with Gasteiger partial charge in [0.25, 0.3) is 5.91 Å². The topological polar surface area (TPSA) is 54.5 Å². The summed E-state index contributed by atoms with van der Waals surface area (Å²) in [6.07, 6.45) is -3.97. The van der Waals surface area contributed by atoms with Crippen LogP contribution in [0.4, 0.5) is 13.2 Å². The molecule has 1 fully saturated rings. The van der Waals surface area contributed by atoms with Gasteiger partial charge in [-0.3, -0.25) is 9.69 Å². The number of aromatic nitrogens is 1. The van der Waals surface area contributed by atoms with Crippen molar-refractivity contribution in [3.05, 3.63) is 23.4 Å². The number of aryl methyl sites for hydroxylation is 1. The van der Waals surface area contributed by atoms with E-state index >= 15 is 0 Å². The number of hydrogen-bond donors (Lipinski definition) is 1. The molecule has 0 bridgehead atoms. The molecule has 5 nitrogen and oxygen atoms in total. The molecule has 0 spiro atoms. The zero-order valence-electron chi connectivity index (χ0n) is 13.3. The fraction of sp³-hybridized carbons (Fsp3) is 0.600. The summed E-state index contributed by atoms with van der Waals surface area (Å²) in [6, 6.07) is 1.36. The predicted octanol–water partition coefficient (Wildman–Crippen LogP) is 2.15. The zero-order valence-corrected chi connectivity index (χ0v) is 13.3. The van der Waals surface area contributed by atoms with E-state index in [2.05, 4.69) is 10.3 Å². The molecule has 2 unspecified atom stereocenters. The lowest BCUT2D eigenvalue weighted by Crippen LogP contribution is -2.54. The fourth-order valence-electron chi connectivity index (χ4n) is 2.82. The normalized spacial score (nSPS) is 22.7. The van der Waals surface area contributed by atoms with Gasteiger partial charge in [-0.15, -0.1) is 0 Å². The minimum atomic E-state index is -4.24. The van der Waals surface area contributed by atoms with Crippen molar-refractivity contribution in [3.63, 3.8) is 0 Å². The first-order chi connectivity index (χ1) is 10.7. The molecule has 2 atom stereocenters. The number of piperidine rings is 1. The number of methoxy groups -OCH3 is 1. The molecular formula is C15H20F3N3O2. The molecule has 128 valence electrons. The Morgan fingerprint density at radius 3 is 2.65 bits per heavy atom. The highest BCUT2D eigenvalue weighted by Gasteiger charge is 2.44. The minimum Gasteiger partial charge on any atom is -0.481 e. The van der Waals surface area contributed by atoms with Crippen LogP contribution in [0.5, 0.6) is 5.88 Å². The van der Waals surface area contributed by atoms with E-state index in [-0.39, 0.29) is 24.9 Å². The van der Waals surface area contributed by atoms with Crippen molar-refractivity contribution in [2.45, 2.75) is 38.0 Å².